The van der Waals surface area contributed by atoms with Crippen LogP contribution in [-0.2, 0) is 16.1 Å². The lowest BCUT2D eigenvalue weighted by Gasteiger charge is -2.08. The molecular weight excluding hydrogens is 236 g/mol. The topological polar surface area (TPSA) is 115 Å². The van der Waals surface area contributed by atoms with Crippen molar-refractivity contribution in [3.05, 3.63) is 6.33 Å². The molecule has 4 N–H and O–H groups in total. The van der Waals surface area contributed by atoms with Gasteiger partial charge in [0, 0.05) is 19.0 Å². The van der Waals surface area contributed by atoms with E-state index in [9.17, 15) is 9.59 Å². The number of hydrogen-bond donors (Lipinski definition) is 3. The van der Waals surface area contributed by atoms with Gasteiger partial charge in [0.15, 0.2) is 0 Å². The van der Waals surface area contributed by atoms with Crippen molar-refractivity contribution < 1.29 is 9.59 Å². The van der Waals surface area contributed by atoms with Crippen LogP contribution in [0.15, 0.2) is 6.33 Å². The first-order valence-electron chi connectivity index (χ1n) is 5.68. The second kappa shape index (κ2) is 6.58. The Bertz CT molecular complexity index is 414. The highest BCUT2D eigenvalue weighted by Gasteiger charge is 2.06. The maximum Gasteiger partial charge on any atom is 0.241 e. The summed E-state index contributed by atoms with van der Waals surface area (Å²) in [6, 6.07) is 0.103. The van der Waals surface area contributed by atoms with Crippen LogP contribution in [0.5, 0.6) is 0 Å². The van der Waals surface area contributed by atoms with E-state index in [-0.39, 0.29) is 36.8 Å². The van der Waals surface area contributed by atoms with Crippen LogP contribution in [0, 0.1) is 0 Å². The van der Waals surface area contributed by atoms with E-state index >= 15 is 0 Å². The predicted molar refractivity (Wildman–Crippen MR) is 65.3 cm³/mol. The maximum absolute atomic E-state index is 11.5. The molecule has 0 fully saturated rings. The number of hydrogen-bond acceptors (Lipinski definition) is 5. The molecule has 8 nitrogen and oxygen atoms in total. The average molecular weight is 254 g/mol. The number of nitrogen functional groups attached to an aromatic ring is 1. The second-order valence-electron chi connectivity index (χ2n) is 4.12. The highest BCUT2D eigenvalue weighted by molar-refractivity contribution is 5.78. The number of nitrogens with zero attached hydrogens (tertiary/aromatic N) is 3. The molecule has 0 spiro atoms. The summed E-state index contributed by atoms with van der Waals surface area (Å²) in [6.07, 6.45) is 1.63. The molecule has 2 amide bonds. The van der Waals surface area contributed by atoms with Gasteiger partial charge in [-0.25, -0.2) is 9.67 Å². The zero-order valence-corrected chi connectivity index (χ0v) is 10.5. The van der Waals surface area contributed by atoms with Gasteiger partial charge in [0.1, 0.15) is 12.9 Å². The van der Waals surface area contributed by atoms with Crippen molar-refractivity contribution in [2.24, 2.45) is 0 Å². The fourth-order valence-electron chi connectivity index (χ4n) is 1.30. The molecule has 1 aromatic rings. The van der Waals surface area contributed by atoms with E-state index in [1.807, 2.05) is 13.8 Å². The minimum absolute atomic E-state index is 0.0377. The second-order valence-corrected chi connectivity index (χ2v) is 4.12. The van der Waals surface area contributed by atoms with Crippen LogP contribution in [-0.4, -0.2) is 39.2 Å². The predicted octanol–water partition coefficient (Wildman–Crippen LogP) is -1.11. The van der Waals surface area contributed by atoms with Gasteiger partial charge < -0.3 is 16.4 Å². The number of carbonyl (C=O) groups is 2. The standard InChI is InChI=1S/C10H18N6O2/c1-7(2)14-8(17)3-4-12-9(18)5-16-6-13-10(11)15-16/h6-7H,3-5H2,1-2H3,(H2,11,15)(H,12,18)(H,14,17). The number of amides is 2. The summed E-state index contributed by atoms with van der Waals surface area (Å²) >= 11 is 0. The summed E-state index contributed by atoms with van der Waals surface area (Å²) in [5, 5.41) is 9.13. The average Bonchev–Trinajstić information content (AvgIpc) is 2.62. The summed E-state index contributed by atoms with van der Waals surface area (Å²) < 4.78 is 1.33. The van der Waals surface area contributed by atoms with E-state index in [0.717, 1.165) is 0 Å². The Morgan fingerprint density at radius 2 is 2.17 bits per heavy atom. The number of rotatable bonds is 6. The molecule has 0 aliphatic rings. The van der Waals surface area contributed by atoms with Crippen molar-refractivity contribution in [2.45, 2.75) is 32.9 Å². The molecule has 0 atom stereocenters. The molecule has 1 aromatic heterocycles. The van der Waals surface area contributed by atoms with Gasteiger partial charge in [0.25, 0.3) is 0 Å². The SMILES string of the molecule is CC(C)NC(=O)CCNC(=O)Cn1cnc(N)n1. The van der Waals surface area contributed by atoms with Crippen LogP contribution < -0.4 is 16.4 Å². The summed E-state index contributed by atoms with van der Waals surface area (Å²) in [7, 11) is 0. The van der Waals surface area contributed by atoms with Gasteiger partial charge in [-0.3, -0.25) is 9.59 Å². The van der Waals surface area contributed by atoms with Crippen molar-refractivity contribution in [2.75, 3.05) is 12.3 Å². The van der Waals surface area contributed by atoms with Crippen LogP contribution in [0.1, 0.15) is 20.3 Å². The van der Waals surface area contributed by atoms with E-state index < -0.39 is 0 Å². The Hall–Kier alpha value is -2.12. The third-order valence-electron chi connectivity index (χ3n) is 1.98. The summed E-state index contributed by atoms with van der Waals surface area (Å²) in [4.78, 5) is 26.4. The van der Waals surface area contributed by atoms with Gasteiger partial charge in [-0.15, -0.1) is 5.10 Å². The molecule has 0 aliphatic carbocycles. The molecule has 18 heavy (non-hydrogen) atoms. The van der Waals surface area contributed by atoms with E-state index in [0.29, 0.717) is 6.54 Å². The molecule has 0 saturated heterocycles. The van der Waals surface area contributed by atoms with Crippen LogP contribution in [0.3, 0.4) is 0 Å². The molecule has 0 unspecified atom stereocenters. The van der Waals surface area contributed by atoms with E-state index in [1.54, 1.807) is 0 Å². The van der Waals surface area contributed by atoms with Crippen LogP contribution in [0.25, 0.3) is 0 Å². The molecular formula is C10H18N6O2. The molecule has 0 aliphatic heterocycles. The molecule has 0 aromatic carbocycles. The smallest absolute Gasteiger partial charge is 0.241 e. The molecule has 1 heterocycles. The van der Waals surface area contributed by atoms with Crippen LogP contribution in [0.2, 0.25) is 0 Å². The number of anilines is 1. The Kier molecular flexibility index (Phi) is 5.09. The van der Waals surface area contributed by atoms with E-state index in [1.165, 1.54) is 11.0 Å². The summed E-state index contributed by atoms with van der Waals surface area (Å²) in [6.45, 7) is 4.09. The molecule has 0 radical (unpaired) electrons. The number of nitrogens with two attached hydrogens (primary N) is 1. The number of aromatic nitrogens is 3. The molecule has 0 saturated carbocycles. The Labute approximate surface area is 105 Å². The minimum atomic E-state index is -0.239. The fourth-order valence-corrected chi connectivity index (χ4v) is 1.30. The van der Waals surface area contributed by atoms with Gasteiger partial charge in [0.2, 0.25) is 17.8 Å². The van der Waals surface area contributed by atoms with Gasteiger partial charge in [-0.05, 0) is 13.8 Å². The zero-order valence-electron chi connectivity index (χ0n) is 10.5. The summed E-state index contributed by atoms with van der Waals surface area (Å²) in [5.74, 6) is -0.202. The molecule has 100 valence electrons. The lowest BCUT2D eigenvalue weighted by atomic mass is 10.3. The monoisotopic (exact) mass is 254 g/mol. The Morgan fingerprint density at radius 1 is 1.44 bits per heavy atom. The van der Waals surface area contributed by atoms with Crippen LogP contribution >= 0.6 is 0 Å². The third kappa shape index (κ3) is 5.28. The molecule has 1 rings (SSSR count). The zero-order chi connectivity index (χ0) is 13.5. The van der Waals surface area contributed by atoms with Gasteiger partial charge in [-0.2, -0.15) is 0 Å². The highest BCUT2D eigenvalue weighted by atomic mass is 16.2. The maximum atomic E-state index is 11.5. The molecule has 0 bridgehead atoms. The van der Waals surface area contributed by atoms with Gasteiger partial charge in [-0.1, -0.05) is 0 Å². The van der Waals surface area contributed by atoms with Crippen molar-refractivity contribution in [1.82, 2.24) is 25.4 Å². The third-order valence-corrected chi connectivity index (χ3v) is 1.98. The number of carbonyl (C=O) groups excluding carboxylic acids is 2. The van der Waals surface area contributed by atoms with Crippen molar-refractivity contribution >= 4 is 17.8 Å². The summed E-state index contributed by atoms with van der Waals surface area (Å²) in [5.41, 5.74) is 5.31. The lowest BCUT2D eigenvalue weighted by Crippen LogP contribution is -2.35. The molecule has 8 heteroatoms. The minimum Gasteiger partial charge on any atom is -0.367 e. The van der Waals surface area contributed by atoms with E-state index in [2.05, 4.69) is 20.7 Å². The van der Waals surface area contributed by atoms with Crippen molar-refractivity contribution in [1.29, 1.82) is 0 Å². The Balaban J connectivity index is 2.19. The lowest BCUT2D eigenvalue weighted by molar-refractivity contribution is -0.122. The van der Waals surface area contributed by atoms with Crippen LogP contribution in [0.4, 0.5) is 5.95 Å². The van der Waals surface area contributed by atoms with Gasteiger partial charge >= 0.3 is 0 Å². The first-order chi connectivity index (χ1) is 8.47. The number of nitrogens with one attached hydrogen (secondary N) is 2. The quantitative estimate of drug-likeness (QED) is 0.595. The first kappa shape index (κ1) is 13.9. The highest BCUT2D eigenvalue weighted by Crippen LogP contribution is 1.89. The first-order valence-corrected chi connectivity index (χ1v) is 5.68. The van der Waals surface area contributed by atoms with E-state index in [4.69, 9.17) is 5.73 Å². The van der Waals surface area contributed by atoms with Crippen molar-refractivity contribution in [3.63, 3.8) is 0 Å². The van der Waals surface area contributed by atoms with Crippen molar-refractivity contribution in [3.8, 4) is 0 Å². The largest absolute Gasteiger partial charge is 0.367 e. The Morgan fingerprint density at radius 3 is 2.72 bits per heavy atom. The van der Waals surface area contributed by atoms with Gasteiger partial charge in [0.05, 0.1) is 0 Å². The fraction of sp³-hybridized carbons (Fsp3) is 0.600. The normalized spacial score (nSPS) is 10.4.